The highest BCUT2D eigenvalue weighted by Crippen LogP contribution is 2.45. The van der Waals surface area contributed by atoms with Crippen LogP contribution in [0.3, 0.4) is 0 Å². The molecule has 0 amide bonds. The molecule has 1 aromatic carbocycles. The van der Waals surface area contributed by atoms with Crippen molar-refractivity contribution < 1.29 is 9.47 Å². The molecule has 0 aliphatic carbocycles. The highest BCUT2D eigenvalue weighted by molar-refractivity contribution is 5.48. The molecule has 0 aromatic heterocycles. The first-order valence-corrected chi connectivity index (χ1v) is 8.23. The van der Waals surface area contributed by atoms with Crippen molar-refractivity contribution in [2.75, 3.05) is 13.7 Å². The zero-order chi connectivity index (χ0) is 15.3. The van der Waals surface area contributed by atoms with E-state index in [0.717, 1.165) is 30.9 Å². The van der Waals surface area contributed by atoms with Crippen molar-refractivity contribution in [2.45, 2.75) is 64.5 Å². The number of benzene rings is 1. The van der Waals surface area contributed by atoms with Gasteiger partial charge in [-0.1, -0.05) is 32.8 Å². The van der Waals surface area contributed by atoms with E-state index in [1.807, 2.05) is 12.1 Å². The lowest BCUT2D eigenvalue weighted by molar-refractivity contribution is 0.0432. The number of hydrogen-bond donors (Lipinski definition) is 1. The van der Waals surface area contributed by atoms with Crippen LogP contribution in [0.1, 0.15) is 64.5 Å². The number of fused-ring (bicyclic) bond motifs is 1. The van der Waals surface area contributed by atoms with Gasteiger partial charge in [-0.2, -0.15) is 0 Å². The van der Waals surface area contributed by atoms with Gasteiger partial charge in [0.2, 0.25) is 0 Å². The molecule has 0 saturated heterocycles. The first-order chi connectivity index (χ1) is 10.1. The molecule has 1 aliphatic rings. The zero-order valence-electron chi connectivity index (χ0n) is 13.9. The number of nitrogens with one attached hydrogen (secondary N) is 1. The van der Waals surface area contributed by atoms with Crippen LogP contribution in [0, 0.1) is 0 Å². The topological polar surface area (TPSA) is 30.5 Å². The minimum Gasteiger partial charge on any atom is -0.496 e. The standard InChI is InChI=1S/C18H29NO2/c1-5-7-8-12-19-14-13-18(3,6-2)21-16-11-9-10-15(20-4)17(14)16/h9-11,14,19H,5-8,12-13H2,1-4H3. The molecule has 0 saturated carbocycles. The van der Waals surface area contributed by atoms with Crippen molar-refractivity contribution in [3.05, 3.63) is 23.8 Å². The average molecular weight is 291 g/mol. The molecule has 3 heteroatoms. The van der Waals surface area contributed by atoms with Crippen molar-refractivity contribution in [1.82, 2.24) is 5.32 Å². The number of rotatable bonds is 7. The van der Waals surface area contributed by atoms with Crippen LogP contribution in [0.5, 0.6) is 11.5 Å². The highest BCUT2D eigenvalue weighted by atomic mass is 16.5. The lowest BCUT2D eigenvalue weighted by Crippen LogP contribution is -2.41. The fourth-order valence-corrected chi connectivity index (χ4v) is 3.02. The molecule has 21 heavy (non-hydrogen) atoms. The van der Waals surface area contributed by atoms with Gasteiger partial charge in [0.15, 0.2) is 0 Å². The molecular weight excluding hydrogens is 262 g/mol. The van der Waals surface area contributed by atoms with E-state index in [0.29, 0.717) is 6.04 Å². The third kappa shape index (κ3) is 3.70. The van der Waals surface area contributed by atoms with Gasteiger partial charge in [-0.05, 0) is 38.4 Å². The zero-order valence-corrected chi connectivity index (χ0v) is 13.9. The fourth-order valence-electron chi connectivity index (χ4n) is 3.02. The molecule has 118 valence electrons. The molecule has 0 spiro atoms. The van der Waals surface area contributed by atoms with Gasteiger partial charge in [0.05, 0.1) is 12.7 Å². The lowest BCUT2D eigenvalue weighted by atomic mass is 9.86. The van der Waals surface area contributed by atoms with Crippen LogP contribution in [-0.4, -0.2) is 19.3 Å². The minimum absolute atomic E-state index is 0.0954. The van der Waals surface area contributed by atoms with Crippen LogP contribution in [0.15, 0.2) is 18.2 Å². The SMILES string of the molecule is CCCCCNC1CC(C)(CC)Oc2cccc(OC)c21. The summed E-state index contributed by atoms with van der Waals surface area (Å²) in [6.07, 6.45) is 5.75. The van der Waals surface area contributed by atoms with E-state index in [-0.39, 0.29) is 5.60 Å². The summed E-state index contributed by atoms with van der Waals surface area (Å²) in [6.45, 7) is 7.69. The first kappa shape index (κ1) is 16.2. The maximum absolute atomic E-state index is 6.25. The predicted molar refractivity (Wildman–Crippen MR) is 87.2 cm³/mol. The highest BCUT2D eigenvalue weighted by Gasteiger charge is 2.37. The van der Waals surface area contributed by atoms with Crippen molar-refractivity contribution in [3.8, 4) is 11.5 Å². The normalized spacial score (nSPS) is 24.3. The molecule has 3 nitrogen and oxygen atoms in total. The van der Waals surface area contributed by atoms with Gasteiger partial charge >= 0.3 is 0 Å². The lowest BCUT2D eigenvalue weighted by Gasteiger charge is -2.40. The van der Waals surface area contributed by atoms with E-state index in [1.165, 1.54) is 24.8 Å². The Hall–Kier alpha value is -1.22. The van der Waals surface area contributed by atoms with Crippen LogP contribution >= 0.6 is 0 Å². The molecule has 2 rings (SSSR count). The molecule has 0 bridgehead atoms. The Balaban J connectivity index is 2.22. The Morgan fingerprint density at radius 3 is 2.81 bits per heavy atom. The van der Waals surface area contributed by atoms with Crippen LogP contribution in [0.2, 0.25) is 0 Å². The predicted octanol–water partition coefficient (Wildman–Crippen LogP) is 4.47. The number of hydrogen-bond acceptors (Lipinski definition) is 3. The van der Waals surface area contributed by atoms with Gasteiger partial charge in [0.25, 0.3) is 0 Å². The average Bonchev–Trinajstić information content (AvgIpc) is 2.50. The number of unbranched alkanes of at least 4 members (excludes halogenated alkanes) is 2. The maximum Gasteiger partial charge on any atom is 0.128 e. The van der Waals surface area contributed by atoms with E-state index in [2.05, 4.69) is 32.2 Å². The van der Waals surface area contributed by atoms with Crippen LogP contribution in [-0.2, 0) is 0 Å². The first-order valence-electron chi connectivity index (χ1n) is 8.23. The summed E-state index contributed by atoms with van der Waals surface area (Å²) in [5, 5.41) is 3.72. The van der Waals surface area contributed by atoms with E-state index < -0.39 is 0 Å². The number of methoxy groups -OCH3 is 1. The molecule has 1 heterocycles. The third-order valence-electron chi connectivity index (χ3n) is 4.51. The van der Waals surface area contributed by atoms with E-state index in [4.69, 9.17) is 9.47 Å². The van der Waals surface area contributed by atoms with Crippen molar-refractivity contribution in [2.24, 2.45) is 0 Å². The van der Waals surface area contributed by atoms with Gasteiger partial charge in [-0.3, -0.25) is 0 Å². The molecule has 1 N–H and O–H groups in total. The molecule has 2 atom stereocenters. The quantitative estimate of drug-likeness (QED) is 0.752. The Morgan fingerprint density at radius 2 is 2.14 bits per heavy atom. The Labute approximate surface area is 129 Å². The molecule has 0 radical (unpaired) electrons. The Morgan fingerprint density at radius 1 is 1.33 bits per heavy atom. The summed E-state index contributed by atoms with van der Waals surface area (Å²) in [5.74, 6) is 1.90. The summed E-state index contributed by atoms with van der Waals surface area (Å²) in [6, 6.07) is 6.41. The maximum atomic E-state index is 6.25. The van der Waals surface area contributed by atoms with E-state index in [1.54, 1.807) is 7.11 Å². The van der Waals surface area contributed by atoms with Gasteiger partial charge in [-0.15, -0.1) is 0 Å². The molecule has 2 unspecified atom stereocenters. The van der Waals surface area contributed by atoms with Crippen molar-refractivity contribution in [3.63, 3.8) is 0 Å². The van der Waals surface area contributed by atoms with Gasteiger partial charge in [-0.25, -0.2) is 0 Å². The van der Waals surface area contributed by atoms with Crippen LogP contribution in [0.4, 0.5) is 0 Å². The molecule has 1 aromatic rings. The smallest absolute Gasteiger partial charge is 0.128 e. The minimum atomic E-state index is -0.0954. The van der Waals surface area contributed by atoms with Gasteiger partial charge < -0.3 is 14.8 Å². The van der Waals surface area contributed by atoms with E-state index in [9.17, 15) is 0 Å². The second-order valence-corrected chi connectivity index (χ2v) is 6.20. The van der Waals surface area contributed by atoms with Crippen molar-refractivity contribution >= 4 is 0 Å². The largest absolute Gasteiger partial charge is 0.496 e. The van der Waals surface area contributed by atoms with Crippen molar-refractivity contribution in [1.29, 1.82) is 0 Å². The second kappa shape index (κ2) is 7.17. The Bertz CT molecular complexity index is 461. The summed E-state index contributed by atoms with van der Waals surface area (Å²) in [5.41, 5.74) is 1.09. The van der Waals surface area contributed by atoms with Gasteiger partial charge in [0, 0.05) is 12.5 Å². The summed E-state index contributed by atoms with van der Waals surface area (Å²) in [7, 11) is 1.73. The fraction of sp³-hybridized carbons (Fsp3) is 0.667. The molecule has 1 aliphatic heterocycles. The molecule has 0 fully saturated rings. The number of ether oxygens (including phenoxy) is 2. The third-order valence-corrected chi connectivity index (χ3v) is 4.51. The van der Waals surface area contributed by atoms with Gasteiger partial charge in [0.1, 0.15) is 17.1 Å². The Kier molecular flexibility index (Phi) is 5.51. The van der Waals surface area contributed by atoms with E-state index >= 15 is 0 Å². The summed E-state index contributed by atoms with van der Waals surface area (Å²) >= 11 is 0. The summed E-state index contributed by atoms with van der Waals surface area (Å²) in [4.78, 5) is 0. The summed E-state index contributed by atoms with van der Waals surface area (Å²) < 4.78 is 11.8. The van der Waals surface area contributed by atoms with Crippen LogP contribution < -0.4 is 14.8 Å². The monoisotopic (exact) mass is 291 g/mol. The van der Waals surface area contributed by atoms with Crippen LogP contribution in [0.25, 0.3) is 0 Å². The molecular formula is C18H29NO2. The second-order valence-electron chi connectivity index (χ2n) is 6.20.